The van der Waals surface area contributed by atoms with Crippen molar-refractivity contribution in [3.8, 4) is 5.75 Å². The van der Waals surface area contributed by atoms with Crippen molar-refractivity contribution in [3.63, 3.8) is 0 Å². The van der Waals surface area contributed by atoms with E-state index < -0.39 is 17.9 Å². The summed E-state index contributed by atoms with van der Waals surface area (Å²) in [5.74, 6) is -1.26. The van der Waals surface area contributed by atoms with Crippen molar-refractivity contribution in [1.29, 1.82) is 0 Å². The first kappa shape index (κ1) is 17.0. The van der Waals surface area contributed by atoms with E-state index in [-0.39, 0.29) is 12.0 Å². The molecule has 6 heteroatoms. The summed E-state index contributed by atoms with van der Waals surface area (Å²) in [4.78, 5) is 23.3. The molecule has 0 spiro atoms. The molecule has 1 amide bonds. The molecule has 114 valence electrons. The third-order valence-electron chi connectivity index (χ3n) is 2.75. The van der Waals surface area contributed by atoms with E-state index in [1.54, 1.807) is 19.1 Å². The summed E-state index contributed by atoms with van der Waals surface area (Å²) in [5.41, 5.74) is 0.256. The monoisotopic (exact) mass is 311 g/mol. The number of benzene rings is 1. The van der Waals surface area contributed by atoms with Gasteiger partial charge in [0.1, 0.15) is 11.8 Å². The fourth-order valence-electron chi connectivity index (χ4n) is 1.74. The first-order chi connectivity index (χ1) is 9.99. The summed E-state index contributed by atoms with van der Waals surface area (Å²) in [6.07, 6.45) is 2.38. The summed E-state index contributed by atoms with van der Waals surface area (Å²) in [6.45, 7) is 5.70. The maximum Gasteiger partial charge on any atom is 0.326 e. The molecule has 2 N–H and O–H groups in total. The van der Waals surface area contributed by atoms with Gasteiger partial charge in [0, 0.05) is 5.02 Å². The van der Waals surface area contributed by atoms with Crippen molar-refractivity contribution in [2.24, 2.45) is 0 Å². The van der Waals surface area contributed by atoms with Gasteiger partial charge in [0.05, 0.1) is 12.2 Å². The summed E-state index contributed by atoms with van der Waals surface area (Å²) >= 11 is 5.87. The van der Waals surface area contributed by atoms with Crippen LogP contribution in [0.4, 0.5) is 0 Å². The molecule has 0 aromatic heterocycles. The van der Waals surface area contributed by atoms with E-state index in [0.717, 1.165) is 0 Å². The molecule has 0 saturated heterocycles. The second-order valence-corrected chi connectivity index (χ2v) is 4.74. The second-order valence-electron chi connectivity index (χ2n) is 4.30. The van der Waals surface area contributed by atoms with E-state index in [1.165, 1.54) is 12.1 Å². The van der Waals surface area contributed by atoms with Crippen LogP contribution in [0.15, 0.2) is 30.9 Å². The van der Waals surface area contributed by atoms with Crippen molar-refractivity contribution in [1.82, 2.24) is 5.32 Å². The number of halogens is 1. The number of allylic oxidation sites excluding steroid dienone is 1. The van der Waals surface area contributed by atoms with Gasteiger partial charge >= 0.3 is 5.97 Å². The highest BCUT2D eigenvalue weighted by Gasteiger charge is 2.22. The average Bonchev–Trinajstić information content (AvgIpc) is 2.43. The van der Waals surface area contributed by atoms with Gasteiger partial charge in [0.15, 0.2) is 0 Å². The van der Waals surface area contributed by atoms with Crippen molar-refractivity contribution in [3.05, 3.63) is 41.4 Å². The molecular weight excluding hydrogens is 294 g/mol. The number of carbonyl (C=O) groups is 2. The molecule has 1 atom stereocenters. The van der Waals surface area contributed by atoms with E-state index in [0.29, 0.717) is 23.8 Å². The predicted molar refractivity (Wildman–Crippen MR) is 80.9 cm³/mol. The fraction of sp³-hybridized carbons (Fsp3) is 0.333. The Morgan fingerprint density at radius 3 is 2.81 bits per heavy atom. The highest BCUT2D eigenvalue weighted by molar-refractivity contribution is 6.30. The van der Waals surface area contributed by atoms with Crippen LogP contribution in [0.5, 0.6) is 5.75 Å². The van der Waals surface area contributed by atoms with Crippen LogP contribution >= 0.6 is 11.6 Å². The number of nitrogens with one attached hydrogen (secondary N) is 1. The van der Waals surface area contributed by atoms with Crippen LogP contribution < -0.4 is 10.1 Å². The Morgan fingerprint density at radius 1 is 1.52 bits per heavy atom. The van der Waals surface area contributed by atoms with Crippen LogP contribution in [0.1, 0.15) is 30.1 Å². The largest absolute Gasteiger partial charge is 0.493 e. The summed E-state index contributed by atoms with van der Waals surface area (Å²) in [5, 5.41) is 12.0. The number of ether oxygens (including phenoxy) is 1. The zero-order valence-corrected chi connectivity index (χ0v) is 12.5. The van der Waals surface area contributed by atoms with Gasteiger partial charge in [-0.2, -0.15) is 0 Å². The third-order valence-corrected chi connectivity index (χ3v) is 2.99. The Hall–Kier alpha value is -2.01. The van der Waals surface area contributed by atoms with E-state index in [4.69, 9.17) is 21.4 Å². The second kappa shape index (κ2) is 8.32. The maximum atomic E-state index is 12.2. The van der Waals surface area contributed by atoms with Crippen LogP contribution in [-0.2, 0) is 4.79 Å². The Kier molecular flexibility index (Phi) is 6.75. The van der Waals surface area contributed by atoms with E-state index in [1.807, 2.05) is 0 Å². The third kappa shape index (κ3) is 5.11. The van der Waals surface area contributed by atoms with E-state index in [9.17, 15) is 9.59 Å². The van der Waals surface area contributed by atoms with Crippen molar-refractivity contribution in [2.45, 2.75) is 25.8 Å². The number of amides is 1. The lowest BCUT2D eigenvalue weighted by atomic mass is 10.1. The van der Waals surface area contributed by atoms with Gasteiger partial charge in [-0.1, -0.05) is 17.7 Å². The van der Waals surface area contributed by atoms with Crippen LogP contribution in [0.25, 0.3) is 0 Å². The number of aliphatic carboxylic acids is 1. The molecule has 0 heterocycles. The first-order valence-corrected chi connectivity index (χ1v) is 6.94. The minimum atomic E-state index is -1.09. The van der Waals surface area contributed by atoms with Crippen LogP contribution in [-0.4, -0.2) is 29.6 Å². The smallest absolute Gasteiger partial charge is 0.326 e. The Morgan fingerprint density at radius 2 is 2.24 bits per heavy atom. The molecule has 1 unspecified atom stereocenters. The van der Waals surface area contributed by atoms with Gasteiger partial charge in [-0.25, -0.2) is 4.79 Å². The summed E-state index contributed by atoms with van der Waals surface area (Å²) < 4.78 is 5.35. The number of hydrogen-bond acceptors (Lipinski definition) is 3. The minimum Gasteiger partial charge on any atom is -0.493 e. The van der Waals surface area contributed by atoms with Gasteiger partial charge < -0.3 is 15.2 Å². The van der Waals surface area contributed by atoms with Gasteiger partial charge in [0.2, 0.25) is 0 Å². The molecule has 5 nitrogen and oxygen atoms in total. The lowest BCUT2D eigenvalue weighted by molar-refractivity contribution is -0.139. The Bertz CT molecular complexity index is 530. The van der Waals surface area contributed by atoms with Crippen LogP contribution in [0.2, 0.25) is 5.02 Å². The van der Waals surface area contributed by atoms with Gasteiger partial charge in [-0.05, 0) is 38.0 Å². The van der Waals surface area contributed by atoms with Crippen molar-refractivity contribution < 1.29 is 19.4 Å². The molecule has 1 aromatic rings. The topological polar surface area (TPSA) is 75.6 Å². The highest BCUT2D eigenvalue weighted by Crippen LogP contribution is 2.23. The first-order valence-electron chi connectivity index (χ1n) is 6.56. The molecular formula is C15H18ClNO4. The maximum absolute atomic E-state index is 12.2. The molecule has 0 aliphatic carbocycles. The van der Waals surface area contributed by atoms with Crippen LogP contribution in [0, 0.1) is 0 Å². The minimum absolute atomic E-state index is 0.256. The molecule has 1 aromatic carbocycles. The predicted octanol–water partition coefficient (Wildman–Crippen LogP) is 2.89. The number of carboxylic acid groups (broad SMARTS) is 1. The quantitative estimate of drug-likeness (QED) is 0.724. The lowest BCUT2D eigenvalue weighted by Gasteiger charge is -2.15. The van der Waals surface area contributed by atoms with Gasteiger partial charge in [0.25, 0.3) is 5.91 Å². The number of hydrogen-bond donors (Lipinski definition) is 2. The Balaban J connectivity index is 2.91. The van der Waals surface area contributed by atoms with Crippen molar-refractivity contribution in [2.75, 3.05) is 6.61 Å². The van der Waals surface area contributed by atoms with Gasteiger partial charge in [-0.15, -0.1) is 6.58 Å². The normalized spacial score (nSPS) is 11.5. The van der Waals surface area contributed by atoms with Crippen molar-refractivity contribution >= 4 is 23.5 Å². The van der Waals surface area contributed by atoms with E-state index >= 15 is 0 Å². The van der Waals surface area contributed by atoms with E-state index in [2.05, 4.69) is 11.9 Å². The summed E-state index contributed by atoms with van der Waals surface area (Å²) in [7, 11) is 0. The zero-order chi connectivity index (χ0) is 15.8. The van der Waals surface area contributed by atoms with Crippen LogP contribution in [0.3, 0.4) is 0 Å². The SMILES string of the molecule is C=CCCC(NC(=O)c1ccc(Cl)cc1OCC)C(=O)O. The number of carboxylic acids is 1. The highest BCUT2D eigenvalue weighted by atomic mass is 35.5. The molecule has 0 radical (unpaired) electrons. The zero-order valence-electron chi connectivity index (χ0n) is 11.8. The molecule has 0 aliphatic rings. The molecule has 0 aliphatic heterocycles. The number of carbonyl (C=O) groups excluding carboxylic acids is 1. The fourth-order valence-corrected chi connectivity index (χ4v) is 1.90. The standard InChI is InChI=1S/C15H18ClNO4/c1-3-5-6-12(15(19)20)17-14(18)11-8-7-10(16)9-13(11)21-4-2/h3,7-9,12H,1,4-6H2,2H3,(H,17,18)(H,19,20). The molecule has 21 heavy (non-hydrogen) atoms. The molecule has 1 rings (SSSR count). The molecule has 0 saturated carbocycles. The number of rotatable bonds is 8. The Labute approximate surface area is 128 Å². The summed E-state index contributed by atoms with van der Waals surface area (Å²) in [6, 6.07) is 3.62. The van der Waals surface area contributed by atoms with Gasteiger partial charge in [-0.3, -0.25) is 4.79 Å². The average molecular weight is 312 g/mol. The lowest BCUT2D eigenvalue weighted by Crippen LogP contribution is -2.40. The molecule has 0 fully saturated rings. The molecule has 0 bridgehead atoms.